The van der Waals surface area contributed by atoms with Gasteiger partial charge in [0.15, 0.2) is 6.10 Å². The molecule has 1 heterocycles. The number of methoxy groups -OCH3 is 1. The molecule has 2 rings (SSSR count). The Hall–Kier alpha value is -1.59. The van der Waals surface area contributed by atoms with Crippen molar-refractivity contribution in [3.05, 3.63) is 29.8 Å². The zero-order chi connectivity index (χ0) is 13.0. The van der Waals surface area contributed by atoms with Gasteiger partial charge in [-0.05, 0) is 30.5 Å². The molecular formula is C13H18N2O3. The van der Waals surface area contributed by atoms with Gasteiger partial charge in [-0.1, -0.05) is 12.1 Å². The fraction of sp³-hybridized carbons (Fsp3) is 0.462. The van der Waals surface area contributed by atoms with Crippen molar-refractivity contribution in [3.63, 3.8) is 0 Å². The molecular weight excluding hydrogens is 232 g/mol. The van der Waals surface area contributed by atoms with E-state index in [4.69, 9.17) is 4.74 Å². The molecule has 0 unspecified atom stereocenters. The zero-order valence-electron chi connectivity index (χ0n) is 10.4. The third-order valence-corrected chi connectivity index (χ3v) is 3.05. The maximum atomic E-state index is 11.8. The van der Waals surface area contributed by atoms with Crippen molar-refractivity contribution in [2.75, 3.05) is 20.2 Å². The van der Waals surface area contributed by atoms with Crippen molar-refractivity contribution < 1.29 is 14.6 Å². The van der Waals surface area contributed by atoms with Gasteiger partial charge in [-0.3, -0.25) is 10.2 Å². The molecule has 0 bridgehead atoms. The lowest BCUT2D eigenvalue weighted by Gasteiger charge is -2.19. The zero-order valence-corrected chi connectivity index (χ0v) is 10.4. The molecule has 1 saturated heterocycles. The van der Waals surface area contributed by atoms with Crippen molar-refractivity contribution in [2.45, 2.75) is 18.9 Å². The van der Waals surface area contributed by atoms with E-state index < -0.39 is 6.10 Å². The van der Waals surface area contributed by atoms with Crippen LogP contribution in [-0.4, -0.2) is 36.2 Å². The molecule has 18 heavy (non-hydrogen) atoms. The number of aliphatic hydroxyl groups excluding tert-OH is 1. The molecule has 0 spiro atoms. The highest BCUT2D eigenvalue weighted by atomic mass is 16.5. The Balaban J connectivity index is 1.95. The molecule has 5 heteroatoms. The van der Waals surface area contributed by atoms with Crippen LogP contribution in [0.25, 0.3) is 0 Å². The van der Waals surface area contributed by atoms with E-state index in [1.165, 1.54) is 0 Å². The molecule has 1 aromatic carbocycles. The van der Waals surface area contributed by atoms with Gasteiger partial charge < -0.3 is 9.84 Å². The summed E-state index contributed by atoms with van der Waals surface area (Å²) >= 11 is 0. The first kappa shape index (κ1) is 12.9. The fourth-order valence-corrected chi connectivity index (χ4v) is 1.98. The van der Waals surface area contributed by atoms with Gasteiger partial charge in [-0.25, -0.2) is 5.01 Å². The number of nitrogens with one attached hydrogen (secondary N) is 1. The van der Waals surface area contributed by atoms with Crippen LogP contribution >= 0.6 is 0 Å². The SMILES string of the molecule is COc1ccc([C@@H](O)C(=O)NN2CCCC2)cc1. The number of nitrogens with zero attached hydrogens (tertiary/aromatic N) is 1. The van der Waals surface area contributed by atoms with Gasteiger partial charge in [-0.15, -0.1) is 0 Å². The van der Waals surface area contributed by atoms with Crippen molar-refractivity contribution in [2.24, 2.45) is 0 Å². The number of ether oxygens (including phenoxy) is 1. The highest BCUT2D eigenvalue weighted by molar-refractivity contribution is 5.81. The number of amides is 1. The van der Waals surface area contributed by atoms with E-state index in [2.05, 4.69) is 5.43 Å². The Labute approximate surface area is 106 Å². The summed E-state index contributed by atoms with van der Waals surface area (Å²) in [6.45, 7) is 1.70. The number of hydrazine groups is 1. The van der Waals surface area contributed by atoms with Crippen LogP contribution < -0.4 is 10.2 Å². The van der Waals surface area contributed by atoms with E-state index in [9.17, 15) is 9.90 Å². The van der Waals surface area contributed by atoms with Crippen LogP contribution in [0, 0.1) is 0 Å². The minimum atomic E-state index is -1.14. The first-order valence-electron chi connectivity index (χ1n) is 6.08. The standard InChI is InChI=1S/C13H18N2O3/c1-18-11-6-4-10(5-7-11)12(16)13(17)14-15-8-2-3-9-15/h4-7,12,16H,2-3,8-9H2,1H3,(H,14,17)/t12-/m1/s1. The van der Waals surface area contributed by atoms with Crippen LogP contribution in [0.3, 0.4) is 0 Å². The summed E-state index contributed by atoms with van der Waals surface area (Å²) in [5.74, 6) is 0.313. The van der Waals surface area contributed by atoms with Gasteiger partial charge in [-0.2, -0.15) is 0 Å². The Bertz CT molecular complexity index is 399. The first-order chi connectivity index (χ1) is 8.70. The maximum Gasteiger partial charge on any atom is 0.267 e. The Morgan fingerprint density at radius 2 is 1.94 bits per heavy atom. The molecule has 98 valence electrons. The molecule has 0 aliphatic carbocycles. The van der Waals surface area contributed by atoms with Crippen molar-refractivity contribution in [3.8, 4) is 5.75 Å². The predicted octanol–water partition coefficient (Wildman–Crippen LogP) is 0.856. The summed E-state index contributed by atoms with van der Waals surface area (Å²) in [4.78, 5) is 11.8. The molecule has 0 radical (unpaired) electrons. The highest BCUT2D eigenvalue weighted by Gasteiger charge is 2.21. The van der Waals surface area contributed by atoms with E-state index in [-0.39, 0.29) is 5.91 Å². The van der Waals surface area contributed by atoms with Crippen molar-refractivity contribution >= 4 is 5.91 Å². The topological polar surface area (TPSA) is 61.8 Å². The number of carbonyl (C=O) groups is 1. The normalized spacial score (nSPS) is 17.4. The summed E-state index contributed by atoms with van der Waals surface area (Å²) in [6.07, 6.45) is 1.02. The lowest BCUT2D eigenvalue weighted by Crippen LogP contribution is -2.42. The lowest BCUT2D eigenvalue weighted by molar-refractivity contribution is -0.134. The molecule has 1 amide bonds. The second-order valence-corrected chi connectivity index (χ2v) is 4.35. The van der Waals surface area contributed by atoms with Crippen LogP contribution in [0.2, 0.25) is 0 Å². The van der Waals surface area contributed by atoms with Gasteiger partial charge in [0.05, 0.1) is 7.11 Å². The fourth-order valence-electron chi connectivity index (χ4n) is 1.98. The Kier molecular flexibility index (Phi) is 4.17. The molecule has 1 aliphatic heterocycles. The van der Waals surface area contributed by atoms with Crippen LogP contribution in [-0.2, 0) is 4.79 Å². The average molecular weight is 250 g/mol. The van der Waals surface area contributed by atoms with E-state index in [0.717, 1.165) is 25.9 Å². The minimum absolute atomic E-state index is 0.387. The summed E-state index contributed by atoms with van der Waals surface area (Å²) in [6, 6.07) is 6.82. The number of hydrogen-bond donors (Lipinski definition) is 2. The monoisotopic (exact) mass is 250 g/mol. The Morgan fingerprint density at radius 3 is 2.50 bits per heavy atom. The van der Waals surface area contributed by atoms with E-state index in [1.807, 2.05) is 5.01 Å². The minimum Gasteiger partial charge on any atom is -0.497 e. The number of carbonyl (C=O) groups excluding carboxylic acids is 1. The van der Waals surface area contributed by atoms with Crippen LogP contribution in [0.5, 0.6) is 5.75 Å². The smallest absolute Gasteiger partial charge is 0.267 e. The van der Waals surface area contributed by atoms with E-state index in [0.29, 0.717) is 11.3 Å². The number of hydrogen-bond acceptors (Lipinski definition) is 4. The third-order valence-electron chi connectivity index (χ3n) is 3.05. The maximum absolute atomic E-state index is 11.8. The summed E-state index contributed by atoms with van der Waals surface area (Å²) in [5, 5.41) is 11.8. The molecule has 1 atom stereocenters. The quantitative estimate of drug-likeness (QED) is 0.832. The Morgan fingerprint density at radius 1 is 1.33 bits per heavy atom. The summed E-state index contributed by atoms with van der Waals surface area (Å²) in [7, 11) is 1.57. The van der Waals surface area contributed by atoms with Crippen molar-refractivity contribution in [1.82, 2.24) is 10.4 Å². The third kappa shape index (κ3) is 3.00. The van der Waals surface area contributed by atoms with Gasteiger partial charge in [0.25, 0.3) is 5.91 Å². The lowest BCUT2D eigenvalue weighted by atomic mass is 10.1. The predicted molar refractivity (Wildman–Crippen MR) is 66.9 cm³/mol. The van der Waals surface area contributed by atoms with Gasteiger partial charge in [0.2, 0.25) is 0 Å². The molecule has 1 fully saturated rings. The van der Waals surface area contributed by atoms with Crippen LogP contribution in [0.15, 0.2) is 24.3 Å². The van der Waals surface area contributed by atoms with Gasteiger partial charge in [0.1, 0.15) is 5.75 Å². The molecule has 5 nitrogen and oxygen atoms in total. The number of rotatable bonds is 4. The second-order valence-electron chi connectivity index (χ2n) is 4.35. The summed E-state index contributed by atoms with van der Waals surface area (Å²) in [5.41, 5.74) is 3.28. The summed E-state index contributed by atoms with van der Waals surface area (Å²) < 4.78 is 5.03. The highest BCUT2D eigenvalue weighted by Crippen LogP contribution is 2.18. The average Bonchev–Trinajstić information content (AvgIpc) is 2.91. The molecule has 1 aliphatic rings. The number of benzene rings is 1. The van der Waals surface area contributed by atoms with Crippen molar-refractivity contribution in [1.29, 1.82) is 0 Å². The molecule has 2 N–H and O–H groups in total. The molecule has 1 aromatic rings. The van der Waals surface area contributed by atoms with Gasteiger partial charge >= 0.3 is 0 Å². The van der Waals surface area contributed by atoms with Crippen LogP contribution in [0.4, 0.5) is 0 Å². The molecule has 0 aromatic heterocycles. The second kappa shape index (κ2) is 5.84. The van der Waals surface area contributed by atoms with Crippen LogP contribution in [0.1, 0.15) is 24.5 Å². The van der Waals surface area contributed by atoms with E-state index in [1.54, 1.807) is 31.4 Å². The number of aliphatic hydroxyl groups is 1. The molecule has 0 saturated carbocycles. The largest absolute Gasteiger partial charge is 0.497 e. The first-order valence-corrected chi connectivity index (χ1v) is 6.08. The van der Waals surface area contributed by atoms with E-state index >= 15 is 0 Å². The van der Waals surface area contributed by atoms with Gasteiger partial charge in [0, 0.05) is 13.1 Å².